The summed E-state index contributed by atoms with van der Waals surface area (Å²) in [5.74, 6) is 6.33. The van der Waals surface area contributed by atoms with Crippen LogP contribution in [0.3, 0.4) is 0 Å². The van der Waals surface area contributed by atoms with Gasteiger partial charge in [-0.1, -0.05) is 93.5 Å². The molecule has 0 radical (unpaired) electrons. The van der Waals surface area contributed by atoms with E-state index in [1.807, 2.05) is 0 Å². The highest BCUT2D eigenvalue weighted by Gasteiger charge is 2.73. The first-order valence-corrected chi connectivity index (χ1v) is 36.0. The maximum atomic E-state index is 12.0. The van der Waals surface area contributed by atoms with Crippen molar-refractivity contribution in [3.63, 3.8) is 0 Å². The number of allylic oxidation sites excluding steroid dienone is 2. The van der Waals surface area contributed by atoms with Gasteiger partial charge < -0.3 is 24.1 Å². The molecule has 23 atom stereocenters. The van der Waals surface area contributed by atoms with E-state index in [1.165, 1.54) is 140 Å². The van der Waals surface area contributed by atoms with E-state index >= 15 is 0 Å². The van der Waals surface area contributed by atoms with E-state index in [0.29, 0.717) is 80.5 Å². The molecule has 79 heavy (non-hydrogen) atoms. The van der Waals surface area contributed by atoms with Gasteiger partial charge in [0, 0.05) is 37.9 Å². The van der Waals surface area contributed by atoms with Crippen molar-refractivity contribution in [2.75, 3.05) is 19.8 Å². The van der Waals surface area contributed by atoms with Crippen molar-refractivity contribution in [2.24, 2.45) is 113 Å². The average molecular weight is 1150 g/mol. The minimum absolute atomic E-state index is 0.00454. The molecule has 1 saturated heterocycles. The number of aliphatic hydroxyl groups excluding tert-OH is 1. The summed E-state index contributed by atoms with van der Waals surface area (Å²) in [6, 6.07) is 0. The molecular formula is C69H115O7P2S+. The summed E-state index contributed by atoms with van der Waals surface area (Å²) in [6.07, 6.45) is 28.4. The third kappa shape index (κ3) is 9.90. The Bertz CT molecular complexity index is 2350. The van der Waals surface area contributed by atoms with Crippen LogP contribution in [0.4, 0.5) is 0 Å². The average Bonchev–Trinajstić information content (AvgIpc) is 4.10. The van der Waals surface area contributed by atoms with Crippen molar-refractivity contribution < 1.29 is 33.6 Å². The second-order valence-electron chi connectivity index (χ2n) is 32.4. The molecule has 10 aliphatic carbocycles. The molecule has 10 saturated carbocycles. The molecule has 10 heteroatoms. The highest BCUT2D eigenvalue weighted by molar-refractivity contribution is 8.24. The summed E-state index contributed by atoms with van der Waals surface area (Å²) in [6.45, 7) is 43.6. The second kappa shape index (κ2) is 22.5. The summed E-state index contributed by atoms with van der Waals surface area (Å²) < 4.78 is 31.0. The molecule has 1 heterocycles. The lowest BCUT2D eigenvalue weighted by Crippen LogP contribution is -2.67. The monoisotopic (exact) mass is 1150 g/mol. The van der Waals surface area contributed by atoms with Crippen molar-refractivity contribution in [1.29, 1.82) is 1.28 Å². The van der Waals surface area contributed by atoms with Gasteiger partial charge in [-0.2, -0.15) is 0 Å². The van der Waals surface area contributed by atoms with Gasteiger partial charge in [0.1, 0.15) is 12.2 Å². The number of hydrogen-bond donors (Lipinski definition) is 1. The molecule has 0 amide bonds. The molecule has 0 bridgehead atoms. The van der Waals surface area contributed by atoms with Crippen molar-refractivity contribution >= 4 is 39.7 Å². The highest BCUT2D eigenvalue weighted by Crippen LogP contribution is 2.80. The number of aliphatic hydroxyl groups is 1. The molecule has 0 aromatic carbocycles. The van der Waals surface area contributed by atoms with Crippen LogP contribution in [0, 0.1) is 113 Å². The maximum Gasteiger partial charge on any atom is 0.355 e. The number of carbonyl (C=O) groups is 2. The van der Waals surface area contributed by atoms with Gasteiger partial charge in [-0.3, -0.25) is 9.59 Å². The van der Waals surface area contributed by atoms with Gasteiger partial charge in [0.15, 0.2) is 25.1 Å². The zero-order valence-electron chi connectivity index (χ0n) is 53.6. The van der Waals surface area contributed by atoms with Crippen molar-refractivity contribution in [3.8, 4) is 0 Å². The summed E-state index contributed by atoms with van der Waals surface area (Å²) in [5.41, 5.74) is 5.15. The zero-order valence-corrected chi connectivity index (χ0v) is 55.5. The Morgan fingerprint density at radius 2 is 1.00 bits per heavy atom. The molecule has 11 rings (SSSR count). The van der Waals surface area contributed by atoms with Crippen LogP contribution in [0.2, 0.25) is 0 Å². The van der Waals surface area contributed by atoms with Gasteiger partial charge >= 0.3 is 13.2 Å². The number of hydrogen-bond acceptors (Lipinski definition) is 8. The fourth-order valence-electron chi connectivity index (χ4n) is 25.0. The molecule has 1 N–H and O–H groups in total. The number of rotatable bonds is 8. The van der Waals surface area contributed by atoms with Gasteiger partial charge in [-0.25, -0.2) is 0 Å². The highest BCUT2D eigenvalue weighted by atomic mass is 32.6. The number of carbonyl (C=O) groups excluding carboxylic acids is 2. The molecule has 3 unspecified atom stereocenters. The number of ether oxygens (including phenoxy) is 4. The molecule has 11 aliphatic rings. The first kappa shape index (κ1) is 61.3. The zero-order chi connectivity index (χ0) is 58.6. The third-order valence-electron chi connectivity index (χ3n) is 29.0. The molecule has 1 aliphatic heterocycles. The second-order valence-corrected chi connectivity index (χ2v) is 35.1. The Morgan fingerprint density at radius 1 is 0.570 bits per heavy atom. The van der Waals surface area contributed by atoms with Crippen LogP contribution in [0.1, 0.15) is 245 Å². The lowest BCUT2D eigenvalue weighted by molar-refractivity contribution is -0.257. The summed E-state index contributed by atoms with van der Waals surface area (Å²) >= 11 is 4.31. The van der Waals surface area contributed by atoms with Gasteiger partial charge in [-0.15, -0.1) is 0 Å². The quantitative estimate of drug-likeness (QED) is 0.146. The summed E-state index contributed by atoms with van der Waals surface area (Å²) in [7, 11) is 2.20. The largest absolute Gasteiger partial charge is 0.462 e. The molecular weight excluding hydrogens is 1030 g/mol. The lowest BCUT2D eigenvalue weighted by Gasteiger charge is -2.73. The van der Waals surface area contributed by atoms with Crippen LogP contribution in [0.5, 0.6) is 0 Å². The smallest absolute Gasteiger partial charge is 0.355 e. The Hall–Kier alpha value is -0.750. The minimum atomic E-state index is -0.870. The predicted octanol–water partition coefficient (Wildman–Crippen LogP) is 17.6. The van der Waals surface area contributed by atoms with E-state index in [0.717, 1.165) is 50.2 Å². The normalized spacial score (nSPS) is 50.1. The van der Waals surface area contributed by atoms with Gasteiger partial charge in [-0.05, 0) is 264 Å². The van der Waals surface area contributed by atoms with Crippen LogP contribution in [0.25, 0.3) is 0 Å². The van der Waals surface area contributed by atoms with Crippen molar-refractivity contribution in [1.82, 2.24) is 0 Å². The minimum Gasteiger partial charge on any atom is -0.462 e. The topological polar surface area (TPSA) is 91.3 Å². The number of fused-ring (bicyclic) bond motifs is 14. The van der Waals surface area contributed by atoms with Gasteiger partial charge in [0.2, 0.25) is 0 Å². The third-order valence-corrected chi connectivity index (χ3v) is 29.0. The van der Waals surface area contributed by atoms with E-state index in [2.05, 4.69) is 117 Å². The Balaban J connectivity index is 0.000000184. The lowest BCUT2D eigenvalue weighted by atomic mass is 9.32. The van der Waals surface area contributed by atoms with Gasteiger partial charge in [0.25, 0.3) is 0 Å². The molecule has 7 nitrogen and oxygen atoms in total. The Morgan fingerprint density at radius 3 is 1.41 bits per heavy atom. The predicted molar refractivity (Wildman–Crippen MR) is 331 cm³/mol. The van der Waals surface area contributed by atoms with E-state index in [9.17, 15) is 14.7 Å². The van der Waals surface area contributed by atoms with E-state index < -0.39 is 6.99 Å². The summed E-state index contributed by atoms with van der Waals surface area (Å²) in [4.78, 5) is 23.9. The fraction of sp³-hybridized carbons (Fsp3) is 0.913. The van der Waals surface area contributed by atoms with Crippen LogP contribution >= 0.6 is 15.9 Å². The molecule has 0 aromatic heterocycles. The molecule has 448 valence electrons. The van der Waals surface area contributed by atoms with E-state index in [4.69, 9.17) is 20.2 Å². The van der Waals surface area contributed by atoms with E-state index in [-0.39, 0.29) is 52.1 Å². The molecule has 0 aromatic rings. The Kier molecular flexibility index (Phi) is 17.5. The standard InChI is InChI=1S/C37H60O4.C32H52O3.H2P2S/c1-24(2)26-14-19-37(23-40-31-11-9-10-22-39-31)21-20-35(7)27(32(26)37)12-13-29-34(6)17-16-30(41-25(3)38)33(4,5)28(34)15-18-36(29,35)8;1-20(2)22-11-16-32(19-33)18-17-30(7)23(27(22)32)9-10-25-29(6)14-13-26(35-21(3)34)28(4,5)24(29)12-15-31(25,30)8;1-2-3/h26-32H,1,9-23H2,2-8H3;22-27,33H,1,9-19H2,2-8H3;1H2/p+1/t26-,27+,28-,29+,30-,31?,32+,34-,35+,36+,37+;22-,23+,24-,25+,26-,27+,29-,30+,31+,32+;/m00./s1/i/hT. The van der Waals surface area contributed by atoms with Crippen LogP contribution in [-0.4, -0.2) is 56.6 Å². The maximum absolute atomic E-state index is 12.0. The van der Waals surface area contributed by atoms with Crippen LogP contribution in [0.15, 0.2) is 24.3 Å². The molecule has 11 fully saturated rings. The van der Waals surface area contributed by atoms with Gasteiger partial charge in [0.05, 0.1) is 15.5 Å². The van der Waals surface area contributed by atoms with Crippen molar-refractivity contribution in [3.05, 3.63) is 24.3 Å². The first-order chi connectivity index (χ1) is 37.3. The summed E-state index contributed by atoms with van der Waals surface area (Å²) in [5, 5.41) is 10.7. The van der Waals surface area contributed by atoms with E-state index in [1.54, 1.807) is 13.8 Å². The SMILES string of the molecule is C=C(C)[C@@H]1CC[C@]2(CO)CC[C@]3(C)[C@H](CC[C@@H]4[C@@]5(C)CC[C@H](OC(C)=O)C(C)(C)[C@@H]5CC[C@]43C)[C@@H]12.C=C(C)[C@@H]1CC[C@]2(COC3CCCCO3)CC[C@]3(C)[C@H](CC[C@@H]4[C@@]5(C)CC[C@H](OC(C)=O)C(C)(C)[C@@H]5CC[C@]43C)[C@@H]12.[3H][P+](P)=S. The van der Waals surface area contributed by atoms with Crippen LogP contribution < -0.4 is 0 Å². The van der Waals surface area contributed by atoms with Crippen LogP contribution in [-0.2, 0) is 40.3 Å². The van der Waals surface area contributed by atoms with Crippen molar-refractivity contribution in [2.45, 2.75) is 263 Å². The fourth-order valence-corrected chi connectivity index (χ4v) is 25.0. The first-order valence-electron chi connectivity index (χ1n) is 32.9. The molecule has 0 spiro atoms. The Labute approximate surface area is 492 Å². The number of esters is 2.